The van der Waals surface area contributed by atoms with Crippen LogP contribution in [0.25, 0.3) is 0 Å². The van der Waals surface area contributed by atoms with Crippen LogP contribution in [0.3, 0.4) is 0 Å². The number of amides is 1. The van der Waals surface area contributed by atoms with E-state index in [9.17, 15) is 4.79 Å². The van der Waals surface area contributed by atoms with Gasteiger partial charge < -0.3 is 16.2 Å². The lowest BCUT2D eigenvalue weighted by molar-refractivity contribution is -0.125. The third kappa shape index (κ3) is 2.96. The zero-order valence-corrected chi connectivity index (χ0v) is 7.84. The normalized spacial score (nSPS) is 12.5. The van der Waals surface area contributed by atoms with Gasteiger partial charge in [-0.1, -0.05) is 0 Å². The summed E-state index contributed by atoms with van der Waals surface area (Å²) in [6, 6.07) is 0. The molecule has 0 aliphatic carbocycles. The third-order valence-electron chi connectivity index (χ3n) is 1.30. The van der Waals surface area contributed by atoms with Gasteiger partial charge in [0, 0.05) is 11.5 Å². The molecule has 0 aliphatic rings. The lowest BCUT2D eigenvalue weighted by atomic mass is 10.3. The number of aliphatic hydroxyl groups is 1. The summed E-state index contributed by atoms with van der Waals surface area (Å²) >= 11 is 1.17. The summed E-state index contributed by atoms with van der Waals surface area (Å²) < 4.78 is 3.91. The fraction of sp³-hybridized carbons (Fsp3) is 0.500. The molecule has 0 bridgehead atoms. The lowest BCUT2D eigenvalue weighted by Gasteiger charge is -2.05. The van der Waals surface area contributed by atoms with Crippen molar-refractivity contribution in [2.45, 2.75) is 13.0 Å². The van der Waals surface area contributed by atoms with Gasteiger partial charge in [0.05, 0.1) is 6.54 Å². The predicted molar refractivity (Wildman–Crippen MR) is 48.3 cm³/mol. The summed E-state index contributed by atoms with van der Waals surface area (Å²) in [7, 11) is 0. The zero-order valence-electron chi connectivity index (χ0n) is 7.02. The highest BCUT2D eigenvalue weighted by Crippen LogP contribution is 2.09. The summed E-state index contributed by atoms with van der Waals surface area (Å²) in [5, 5.41) is 12.3. The Kier molecular flexibility index (Phi) is 3.15. The minimum atomic E-state index is -1.19. The Labute approximate surface area is 79.0 Å². The first kappa shape index (κ1) is 9.87. The van der Waals surface area contributed by atoms with Gasteiger partial charge in [0.1, 0.15) is 11.9 Å². The minimum absolute atomic E-state index is 0.0595. The van der Waals surface area contributed by atoms with Crippen LogP contribution in [-0.2, 0) is 4.79 Å². The van der Waals surface area contributed by atoms with Crippen molar-refractivity contribution in [3.05, 3.63) is 5.82 Å². The molecule has 4 N–H and O–H groups in total. The smallest absolute Gasteiger partial charge is 0.248 e. The Morgan fingerprint density at radius 1 is 1.85 bits per heavy atom. The lowest BCUT2D eigenvalue weighted by Crippen LogP contribution is -2.34. The Bertz CT molecular complexity index is 301. The van der Waals surface area contributed by atoms with Crippen LogP contribution < -0.4 is 11.1 Å². The zero-order chi connectivity index (χ0) is 9.84. The van der Waals surface area contributed by atoms with Crippen LogP contribution in [0, 0.1) is 6.92 Å². The molecule has 1 unspecified atom stereocenters. The molecule has 0 aromatic carbocycles. The van der Waals surface area contributed by atoms with E-state index in [1.54, 1.807) is 6.92 Å². The second-order valence-electron chi connectivity index (χ2n) is 2.45. The van der Waals surface area contributed by atoms with Gasteiger partial charge in [-0.3, -0.25) is 4.79 Å². The molecule has 7 heteroatoms. The van der Waals surface area contributed by atoms with Gasteiger partial charge in [0.2, 0.25) is 11.0 Å². The summed E-state index contributed by atoms with van der Waals surface area (Å²) in [6.45, 7) is 1.82. The van der Waals surface area contributed by atoms with Gasteiger partial charge in [-0.05, 0) is 6.92 Å². The largest absolute Gasteiger partial charge is 0.381 e. The van der Waals surface area contributed by atoms with E-state index in [0.29, 0.717) is 11.0 Å². The minimum Gasteiger partial charge on any atom is -0.381 e. The van der Waals surface area contributed by atoms with E-state index >= 15 is 0 Å². The number of anilines is 1. The summed E-state index contributed by atoms with van der Waals surface area (Å²) in [6.07, 6.45) is -1.19. The maximum absolute atomic E-state index is 10.4. The number of rotatable bonds is 4. The van der Waals surface area contributed by atoms with Crippen molar-refractivity contribution in [3.8, 4) is 0 Å². The Hall–Kier alpha value is -1.21. The molecule has 13 heavy (non-hydrogen) atoms. The molecule has 0 radical (unpaired) electrons. The van der Waals surface area contributed by atoms with E-state index in [0.717, 1.165) is 0 Å². The van der Waals surface area contributed by atoms with Gasteiger partial charge in [-0.15, -0.1) is 0 Å². The van der Waals surface area contributed by atoms with Gasteiger partial charge in [0.15, 0.2) is 0 Å². The topological polar surface area (TPSA) is 101 Å². The standard InChI is InChI=1S/C6H10N4O2S/c1-3-9-6(13-10-3)8-2-4(11)5(7)12/h4,11H,2H2,1H3,(H2,7,12)(H,8,9,10). The number of nitrogens with zero attached hydrogens (tertiary/aromatic N) is 2. The molecule has 1 aromatic heterocycles. The van der Waals surface area contributed by atoms with E-state index in [2.05, 4.69) is 14.7 Å². The maximum atomic E-state index is 10.4. The second kappa shape index (κ2) is 4.15. The first-order valence-electron chi connectivity index (χ1n) is 3.61. The number of carbonyl (C=O) groups is 1. The SMILES string of the molecule is Cc1nsc(NCC(O)C(N)=O)n1. The molecule has 1 atom stereocenters. The first-order chi connectivity index (χ1) is 6.09. The van der Waals surface area contributed by atoms with Crippen LogP contribution in [0.1, 0.15) is 5.82 Å². The number of carbonyl (C=O) groups excluding carboxylic acids is 1. The third-order valence-corrected chi connectivity index (χ3v) is 2.07. The molecule has 0 aliphatic heterocycles. The fourth-order valence-electron chi connectivity index (χ4n) is 0.653. The number of hydrogen-bond acceptors (Lipinski definition) is 6. The molecule has 0 fully saturated rings. The molecular weight excluding hydrogens is 192 g/mol. The highest BCUT2D eigenvalue weighted by Gasteiger charge is 2.10. The Morgan fingerprint density at radius 3 is 3.00 bits per heavy atom. The molecule has 72 valence electrons. The van der Waals surface area contributed by atoms with Crippen LogP contribution in [0.4, 0.5) is 5.13 Å². The molecule has 6 nitrogen and oxygen atoms in total. The Morgan fingerprint density at radius 2 is 2.54 bits per heavy atom. The number of nitrogens with one attached hydrogen (secondary N) is 1. The summed E-state index contributed by atoms with van der Waals surface area (Å²) in [4.78, 5) is 14.4. The predicted octanol–water partition coefficient (Wildman–Crippen LogP) is -0.895. The molecule has 0 saturated carbocycles. The molecule has 1 heterocycles. The molecule has 1 aromatic rings. The Balaban J connectivity index is 2.39. The van der Waals surface area contributed by atoms with E-state index in [-0.39, 0.29) is 6.54 Å². The van der Waals surface area contributed by atoms with Gasteiger partial charge in [-0.25, -0.2) is 4.98 Å². The second-order valence-corrected chi connectivity index (χ2v) is 3.20. The van der Waals surface area contributed by atoms with Crippen molar-refractivity contribution in [2.24, 2.45) is 5.73 Å². The molecule has 1 rings (SSSR count). The monoisotopic (exact) mass is 202 g/mol. The van der Waals surface area contributed by atoms with Crippen LogP contribution in [0.5, 0.6) is 0 Å². The van der Waals surface area contributed by atoms with Gasteiger partial charge in [-0.2, -0.15) is 4.37 Å². The average molecular weight is 202 g/mol. The fourth-order valence-corrected chi connectivity index (χ4v) is 1.23. The van der Waals surface area contributed by atoms with E-state index in [1.165, 1.54) is 11.5 Å². The van der Waals surface area contributed by atoms with Gasteiger partial charge in [0.25, 0.3) is 0 Å². The van der Waals surface area contributed by atoms with Crippen molar-refractivity contribution in [2.75, 3.05) is 11.9 Å². The molecule has 0 saturated heterocycles. The van der Waals surface area contributed by atoms with Crippen molar-refractivity contribution >= 4 is 22.6 Å². The first-order valence-corrected chi connectivity index (χ1v) is 4.38. The van der Waals surface area contributed by atoms with E-state index in [1.807, 2.05) is 0 Å². The maximum Gasteiger partial charge on any atom is 0.248 e. The number of aromatic nitrogens is 2. The number of primary amides is 1. The number of aryl methyl sites for hydroxylation is 1. The van der Waals surface area contributed by atoms with Crippen LogP contribution >= 0.6 is 11.5 Å². The molecular formula is C6H10N4O2S. The summed E-state index contributed by atoms with van der Waals surface area (Å²) in [5.74, 6) is -0.102. The van der Waals surface area contributed by atoms with Crippen molar-refractivity contribution in [3.63, 3.8) is 0 Å². The number of aliphatic hydroxyl groups excluding tert-OH is 1. The molecule has 0 spiro atoms. The summed E-state index contributed by atoms with van der Waals surface area (Å²) in [5.41, 5.74) is 4.84. The number of hydrogen-bond donors (Lipinski definition) is 3. The van der Waals surface area contributed by atoms with Crippen LogP contribution in [0.2, 0.25) is 0 Å². The highest BCUT2D eigenvalue weighted by atomic mass is 32.1. The quantitative estimate of drug-likeness (QED) is 0.587. The average Bonchev–Trinajstić information content (AvgIpc) is 2.47. The van der Waals surface area contributed by atoms with Crippen LogP contribution in [-0.4, -0.2) is 33.0 Å². The molecule has 1 amide bonds. The number of nitrogens with two attached hydrogens (primary N) is 1. The van der Waals surface area contributed by atoms with Crippen molar-refractivity contribution < 1.29 is 9.90 Å². The van der Waals surface area contributed by atoms with E-state index in [4.69, 9.17) is 10.8 Å². The van der Waals surface area contributed by atoms with Crippen LogP contribution in [0.15, 0.2) is 0 Å². The highest BCUT2D eigenvalue weighted by molar-refractivity contribution is 7.09. The van der Waals surface area contributed by atoms with Crippen molar-refractivity contribution in [1.82, 2.24) is 9.36 Å². The van der Waals surface area contributed by atoms with Crippen molar-refractivity contribution in [1.29, 1.82) is 0 Å². The van der Waals surface area contributed by atoms with Gasteiger partial charge >= 0.3 is 0 Å². The van der Waals surface area contributed by atoms with E-state index < -0.39 is 12.0 Å².